The molecule has 5 heteroatoms. The Morgan fingerprint density at radius 1 is 1.25 bits per heavy atom. The summed E-state index contributed by atoms with van der Waals surface area (Å²) in [5.41, 5.74) is 7.73. The number of nitrogens with zero attached hydrogens (tertiary/aromatic N) is 2. The summed E-state index contributed by atoms with van der Waals surface area (Å²) in [5, 5.41) is 4.02. The van der Waals surface area contributed by atoms with Crippen LogP contribution in [0.2, 0.25) is 0 Å². The van der Waals surface area contributed by atoms with Crippen molar-refractivity contribution in [2.45, 2.75) is 44.1 Å². The first kappa shape index (κ1) is 14.9. The van der Waals surface area contributed by atoms with E-state index in [1.54, 1.807) is 0 Å². The number of hydrogen-bond donors (Lipinski definition) is 1. The van der Waals surface area contributed by atoms with Crippen LogP contribution in [0.4, 0.5) is 5.69 Å². The molecule has 0 aliphatic rings. The van der Waals surface area contributed by atoms with Crippen LogP contribution in [0.3, 0.4) is 0 Å². The van der Waals surface area contributed by atoms with Crippen molar-refractivity contribution in [2.75, 3.05) is 5.73 Å². The number of anilines is 1. The minimum Gasteiger partial charge on any atom is -0.399 e. The first-order chi connectivity index (χ1) is 9.42. The maximum absolute atomic E-state index is 5.76. The lowest BCUT2D eigenvalue weighted by atomic mass is 10.1. The topological polar surface area (TPSA) is 64.9 Å². The summed E-state index contributed by atoms with van der Waals surface area (Å²) in [4.78, 5) is 4.42. The number of nitrogen functional groups attached to an aromatic ring is 1. The summed E-state index contributed by atoms with van der Waals surface area (Å²) >= 11 is 1.81. The zero-order chi connectivity index (χ0) is 14.6. The van der Waals surface area contributed by atoms with Gasteiger partial charge in [0.25, 0.3) is 0 Å². The molecule has 0 radical (unpaired) electrons. The van der Waals surface area contributed by atoms with Gasteiger partial charge in [0.15, 0.2) is 5.82 Å². The standard InChI is InChI=1S/C15H21N3OS/c1-15(2,3)20-10-13-17-14(19-18-13)8-7-11-5-4-6-12(16)9-11/h4-6,9H,7-8,10,16H2,1-3H3. The van der Waals surface area contributed by atoms with Gasteiger partial charge in [-0.25, -0.2) is 0 Å². The fraction of sp³-hybridized carbons (Fsp3) is 0.467. The molecule has 0 fully saturated rings. The van der Waals surface area contributed by atoms with Crippen LogP contribution in [0.25, 0.3) is 0 Å². The van der Waals surface area contributed by atoms with Gasteiger partial charge in [0.2, 0.25) is 5.89 Å². The van der Waals surface area contributed by atoms with Crippen LogP contribution in [0, 0.1) is 0 Å². The molecule has 1 aromatic heterocycles. The molecule has 0 spiro atoms. The summed E-state index contributed by atoms with van der Waals surface area (Å²) in [6.07, 6.45) is 1.61. The molecule has 0 aliphatic heterocycles. The molecular weight excluding hydrogens is 270 g/mol. The number of nitrogens with two attached hydrogens (primary N) is 1. The molecule has 20 heavy (non-hydrogen) atoms. The molecular formula is C15H21N3OS. The van der Waals surface area contributed by atoms with Crippen molar-refractivity contribution in [1.29, 1.82) is 0 Å². The van der Waals surface area contributed by atoms with E-state index in [1.165, 1.54) is 5.56 Å². The number of benzene rings is 1. The molecule has 1 heterocycles. The second kappa shape index (κ2) is 6.31. The van der Waals surface area contributed by atoms with Crippen molar-refractivity contribution in [3.8, 4) is 0 Å². The van der Waals surface area contributed by atoms with Gasteiger partial charge >= 0.3 is 0 Å². The average molecular weight is 291 g/mol. The molecule has 0 saturated carbocycles. The summed E-state index contributed by atoms with van der Waals surface area (Å²) in [6.45, 7) is 6.54. The van der Waals surface area contributed by atoms with Crippen LogP contribution in [0.15, 0.2) is 28.8 Å². The molecule has 2 rings (SSSR count). The highest BCUT2D eigenvalue weighted by atomic mass is 32.2. The third kappa shape index (κ3) is 4.89. The smallest absolute Gasteiger partial charge is 0.227 e. The van der Waals surface area contributed by atoms with E-state index in [4.69, 9.17) is 10.3 Å². The van der Waals surface area contributed by atoms with Crippen molar-refractivity contribution in [3.63, 3.8) is 0 Å². The molecule has 0 saturated heterocycles. The van der Waals surface area contributed by atoms with Gasteiger partial charge in [0.05, 0.1) is 5.75 Å². The maximum atomic E-state index is 5.76. The van der Waals surface area contributed by atoms with Crippen LogP contribution < -0.4 is 5.73 Å². The highest BCUT2D eigenvalue weighted by Crippen LogP contribution is 2.26. The Morgan fingerprint density at radius 2 is 2.05 bits per heavy atom. The van der Waals surface area contributed by atoms with Crippen molar-refractivity contribution >= 4 is 17.4 Å². The Bertz CT molecular complexity index is 560. The molecule has 108 valence electrons. The Hall–Kier alpha value is -1.49. The molecule has 4 nitrogen and oxygen atoms in total. The maximum Gasteiger partial charge on any atom is 0.227 e. The predicted molar refractivity (Wildman–Crippen MR) is 83.6 cm³/mol. The van der Waals surface area contributed by atoms with E-state index >= 15 is 0 Å². The SMILES string of the molecule is CC(C)(C)SCc1noc(CCc2cccc(N)c2)n1. The number of aromatic nitrogens is 2. The van der Waals surface area contributed by atoms with E-state index in [0.717, 1.165) is 30.1 Å². The summed E-state index contributed by atoms with van der Waals surface area (Å²) in [5.74, 6) is 2.25. The Labute approximate surface area is 124 Å². The highest BCUT2D eigenvalue weighted by Gasteiger charge is 2.13. The lowest BCUT2D eigenvalue weighted by Gasteiger charge is -2.15. The van der Waals surface area contributed by atoms with Crippen molar-refractivity contribution in [2.24, 2.45) is 0 Å². The minimum atomic E-state index is 0.211. The Morgan fingerprint density at radius 3 is 2.75 bits per heavy atom. The van der Waals surface area contributed by atoms with Crippen molar-refractivity contribution < 1.29 is 4.52 Å². The van der Waals surface area contributed by atoms with Crippen molar-refractivity contribution in [3.05, 3.63) is 41.5 Å². The van der Waals surface area contributed by atoms with E-state index in [2.05, 4.69) is 37.0 Å². The average Bonchev–Trinajstić information content (AvgIpc) is 2.81. The van der Waals surface area contributed by atoms with Gasteiger partial charge in [0, 0.05) is 16.9 Å². The number of rotatable bonds is 5. The Kier molecular flexibility index (Phi) is 4.70. The molecule has 0 bridgehead atoms. The fourth-order valence-electron chi connectivity index (χ4n) is 1.73. The molecule has 2 N–H and O–H groups in total. The van der Waals surface area contributed by atoms with Crippen LogP contribution in [-0.2, 0) is 18.6 Å². The quantitative estimate of drug-likeness (QED) is 0.854. The van der Waals surface area contributed by atoms with Gasteiger partial charge in [0.1, 0.15) is 0 Å². The number of aryl methyl sites for hydroxylation is 2. The van der Waals surface area contributed by atoms with Gasteiger partial charge in [-0.1, -0.05) is 38.1 Å². The van der Waals surface area contributed by atoms with Crippen LogP contribution >= 0.6 is 11.8 Å². The van der Waals surface area contributed by atoms with Crippen LogP contribution in [0.5, 0.6) is 0 Å². The minimum absolute atomic E-state index is 0.211. The zero-order valence-corrected chi connectivity index (χ0v) is 13.0. The van der Waals surface area contributed by atoms with Crippen molar-refractivity contribution in [1.82, 2.24) is 10.1 Å². The largest absolute Gasteiger partial charge is 0.399 e. The lowest BCUT2D eigenvalue weighted by molar-refractivity contribution is 0.374. The molecule has 1 aromatic carbocycles. The first-order valence-electron chi connectivity index (χ1n) is 6.72. The van der Waals surface area contributed by atoms with Gasteiger partial charge in [-0.05, 0) is 24.1 Å². The van der Waals surface area contributed by atoms with E-state index in [9.17, 15) is 0 Å². The van der Waals surface area contributed by atoms with Gasteiger partial charge in [-0.3, -0.25) is 0 Å². The van der Waals surface area contributed by atoms with E-state index in [0.29, 0.717) is 5.89 Å². The molecule has 0 aliphatic carbocycles. The second-order valence-corrected chi connectivity index (χ2v) is 7.55. The monoisotopic (exact) mass is 291 g/mol. The van der Waals surface area contributed by atoms with Gasteiger partial charge in [-0.2, -0.15) is 4.98 Å². The summed E-state index contributed by atoms with van der Waals surface area (Å²) < 4.78 is 5.49. The molecule has 2 aromatic rings. The summed E-state index contributed by atoms with van der Waals surface area (Å²) in [7, 11) is 0. The van der Waals surface area contributed by atoms with E-state index in [1.807, 2.05) is 30.0 Å². The highest BCUT2D eigenvalue weighted by molar-refractivity contribution is 7.99. The summed E-state index contributed by atoms with van der Waals surface area (Å²) in [6, 6.07) is 7.89. The molecule has 0 unspecified atom stereocenters. The number of thioether (sulfide) groups is 1. The first-order valence-corrected chi connectivity index (χ1v) is 7.71. The van der Waals surface area contributed by atoms with Gasteiger partial charge in [-0.15, -0.1) is 11.8 Å². The van der Waals surface area contributed by atoms with E-state index in [-0.39, 0.29) is 4.75 Å². The normalized spacial score (nSPS) is 11.8. The van der Waals surface area contributed by atoms with Crippen LogP contribution in [-0.4, -0.2) is 14.9 Å². The molecule has 0 amide bonds. The Balaban J connectivity index is 1.87. The fourth-order valence-corrected chi connectivity index (χ4v) is 2.41. The zero-order valence-electron chi connectivity index (χ0n) is 12.2. The predicted octanol–water partition coefficient (Wildman–Crippen LogP) is 3.47. The number of hydrogen-bond acceptors (Lipinski definition) is 5. The lowest BCUT2D eigenvalue weighted by Crippen LogP contribution is -2.07. The third-order valence-corrected chi connectivity index (χ3v) is 3.99. The second-order valence-electron chi connectivity index (χ2n) is 5.75. The molecule has 0 atom stereocenters. The van der Waals surface area contributed by atoms with E-state index < -0.39 is 0 Å². The van der Waals surface area contributed by atoms with Gasteiger partial charge < -0.3 is 10.3 Å². The third-order valence-electron chi connectivity index (χ3n) is 2.72. The van der Waals surface area contributed by atoms with Crippen LogP contribution in [0.1, 0.15) is 38.0 Å².